The molecule has 0 radical (unpaired) electrons. The number of halogens is 1. The van der Waals surface area contributed by atoms with Gasteiger partial charge in [0, 0.05) is 13.1 Å². The molecule has 1 heterocycles. The lowest BCUT2D eigenvalue weighted by Gasteiger charge is -2.31. The van der Waals surface area contributed by atoms with Crippen LogP contribution in [0.4, 0.5) is 4.39 Å². The van der Waals surface area contributed by atoms with E-state index in [1.54, 1.807) is 0 Å². The van der Waals surface area contributed by atoms with E-state index in [0.29, 0.717) is 0 Å². The fourth-order valence-electron chi connectivity index (χ4n) is 1.36. The van der Waals surface area contributed by atoms with Gasteiger partial charge >= 0.3 is 0 Å². The molecule has 1 aliphatic heterocycles. The molecule has 0 aromatic rings. The van der Waals surface area contributed by atoms with Crippen LogP contribution in [0.15, 0.2) is 0 Å². The molecule has 1 unspecified atom stereocenters. The van der Waals surface area contributed by atoms with Gasteiger partial charge in [-0.2, -0.15) is 0 Å². The van der Waals surface area contributed by atoms with Gasteiger partial charge in [0.25, 0.3) is 8.53 Å². The van der Waals surface area contributed by atoms with Gasteiger partial charge in [-0.1, -0.05) is 6.92 Å². The maximum Gasteiger partial charge on any atom is 0.256 e. The summed E-state index contributed by atoms with van der Waals surface area (Å²) in [6.07, 6.45) is 2.19. The van der Waals surface area contributed by atoms with E-state index in [9.17, 15) is 9.28 Å². The van der Waals surface area contributed by atoms with Crippen LogP contribution in [0.2, 0.25) is 0 Å². The van der Waals surface area contributed by atoms with Crippen molar-refractivity contribution in [1.82, 2.24) is 4.67 Å². The predicted octanol–water partition coefficient (Wildman–Crippen LogP) is 1.92. The van der Waals surface area contributed by atoms with E-state index in [1.165, 1.54) is 0 Å². The Hall–Kier alpha value is 0.240. The molecule has 0 spiro atoms. The summed E-state index contributed by atoms with van der Waals surface area (Å²) in [6, 6.07) is 0. The molecule has 0 bridgehead atoms. The van der Waals surface area contributed by atoms with Gasteiger partial charge in [-0.15, -0.1) is 0 Å². The van der Waals surface area contributed by atoms with Crippen molar-refractivity contribution in [2.45, 2.75) is 19.8 Å². The zero-order chi connectivity index (χ0) is 9.68. The average molecular weight is 209 g/mol. The highest BCUT2D eigenvalue weighted by molar-refractivity contribution is 7.43. The van der Waals surface area contributed by atoms with Crippen molar-refractivity contribution in [3.63, 3.8) is 0 Å². The van der Waals surface area contributed by atoms with E-state index in [1.807, 2.05) is 4.67 Å². The van der Waals surface area contributed by atoms with E-state index in [4.69, 9.17) is 4.52 Å². The topological polar surface area (TPSA) is 32.7 Å². The second kappa shape index (κ2) is 5.86. The molecule has 1 rings (SSSR count). The summed E-state index contributed by atoms with van der Waals surface area (Å²) in [5.41, 5.74) is 0. The molecule has 0 aromatic carbocycles. The van der Waals surface area contributed by atoms with E-state index >= 15 is 0 Å². The van der Waals surface area contributed by atoms with Gasteiger partial charge in [0.15, 0.2) is 0 Å². The molecule has 1 aliphatic rings. The Morgan fingerprint density at radius 1 is 1.54 bits per heavy atom. The van der Waals surface area contributed by atoms with Crippen LogP contribution in [0.1, 0.15) is 19.8 Å². The second-order valence-corrected chi connectivity index (χ2v) is 4.74. The molecular weight excluding hydrogens is 192 g/mol. The lowest BCUT2D eigenvalue weighted by Crippen LogP contribution is -2.29. The molecule has 0 aliphatic carbocycles. The summed E-state index contributed by atoms with van der Waals surface area (Å²) in [7, 11) is -1.53. The fourth-order valence-corrected chi connectivity index (χ4v) is 2.33. The van der Waals surface area contributed by atoms with Crippen LogP contribution in [0.5, 0.6) is 0 Å². The highest BCUT2D eigenvalue weighted by atomic mass is 31.2. The van der Waals surface area contributed by atoms with Gasteiger partial charge in [0.05, 0.1) is 6.61 Å². The third-order valence-corrected chi connectivity index (χ3v) is 3.58. The summed E-state index contributed by atoms with van der Waals surface area (Å²) in [6.45, 7) is 3.43. The van der Waals surface area contributed by atoms with Gasteiger partial charge in [0.2, 0.25) is 0 Å². The molecule has 1 saturated heterocycles. The lowest BCUT2D eigenvalue weighted by molar-refractivity contribution is 0.206. The number of nitrogens with zero attached hydrogens (tertiary/aromatic N) is 1. The molecule has 13 heavy (non-hydrogen) atoms. The van der Waals surface area contributed by atoms with E-state index < -0.39 is 15.2 Å². The first-order valence-corrected chi connectivity index (χ1v) is 5.83. The van der Waals surface area contributed by atoms with Crippen LogP contribution in [-0.4, -0.2) is 35.9 Å². The molecule has 3 nitrogen and oxygen atoms in total. The van der Waals surface area contributed by atoms with Crippen LogP contribution >= 0.6 is 8.53 Å². The minimum absolute atomic E-state index is 0.00819. The van der Waals surface area contributed by atoms with Gasteiger partial charge in [0.1, 0.15) is 6.67 Å². The Morgan fingerprint density at radius 3 is 2.69 bits per heavy atom. The summed E-state index contributed by atoms with van der Waals surface area (Å²) in [5.74, 6) is 0.737. The third kappa shape index (κ3) is 3.86. The van der Waals surface area contributed by atoms with Crippen LogP contribution in [0.25, 0.3) is 0 Å². The Labute approximate surface area is 79.9 Å². The Balaban J connectivity index is 2.19. The summed E-state index contributed by atoms with van der Waals surface area (Å²) in [5, 5.41) is 0. The van der Waals surface area contributed by atoms with Crippen molar-refractivity contribution in [2.24, 2.45) is 5.92 Å². The Kier molecular flexibility index (Phi) is 5.10. The molecule has 0 saturated carbocycles. The van der Waals surface area contributed by atoms with Gasteiger partial charge in [-0.25, -0.2) is 9.06 Å². The molecule has 78 valence electrons. The third-order valence-electron chi connectivity index (χ3n) is 2.29. The number of piperidine rings is 1. The average Bonchev–Trinajstić information content (AvgIpc) is 2.15. The quantitative estimate of drug-likeness (QED) is 0.718. The van der Waals surface area contributed by atoms with Crippen LogP contribution in [0, 0.1) is 5.92 Å². The molecule has 1 N–H and O–H groups in total. The monoisotopic (exact) mass is 209 g/mol. The van der Waals surface area contributed by atoms with Crippen molar-refractivity contribution >= 4 is 8.53 Å². The standard InChI is InChI=1S/C8H17FNO2P/c1-8-2-5-10(6-3-8)13(11)12-7-4-9/h8,11H,2-7H2,1H3. The Bertz CT molecular complexity index is 142. The lowest BCUT2D eigenvalue weighted by atomic mass is 10.0. The summed E-state index contributed by atoms with van der Waals surface area (Å²) >= 11 is 0. The first kappa shape index (κ1) is 11.3. The maximum absolute atomic E-state index is 11.7. The Morgan fingerprint density at radius 2 is 2.15 bits per heavy atom. The summed E-state index contributed by atoms with van der Waals surface area (Å²) in [4.78, 5) is 9.49. The zero-order valence-corrected chi connectivity index (χ0v) is 8.84. The first-order chi connectivity index (χ1) is 6.24. The molecular formula is C8H17FNO2P. The maximum atomic E-state index is 11.7. The van der Waals surface area contributed by atoms with Gasteiger partial charge < -0.3 is 9.42 Å². The molecule has 5 heteroatoms. The SMILES string of the molecule is CC1CCN(P(O)OCCF)CC1. The molecule has 1 fully saturated rings. The molecule has 0 amide bonds. The van der Waals surface area contributed by atoms with Crippen molar-refractivity contribution in [1.29, 1.82) is 0 Å². The zero-order valence-electron chi connectivity index (χ0n) is 7.95. The van der Waals surface area contributed by atoms with Crippen molar-refractivity contribution in [3.8, 4) is 0 Å². The van der Waals surface area contributed by atoms with E-state index in [2.05, 4.69) is 6.92 Å². The van der Waals surface area contributed by atoms with Crippen molar-refractivity contribution < 1.29 is 13.8 Å². The van der Waals surface area contributed by atoms with Gasteiger partial charge in [-0.3, -0.25) is 0 Å². The normalized spacial score (nSPS) is 23.3. The highest BCUT2D eigenvalue weighted by Crippen LogP contribution is 2.39. The van der Waals surface area contributed by atoms with E-state index in [0.717, 1.165) is 31.8 Å². The van der Waals surface area contributed by atoms with Gasteiger partial charge in [-0.05, 0) is 18.8 Å². The largest absolute Gasteiger partial charge is 0.338 e. The second-order valence-electron chi connectivity index (χ2n) is 3.41. The number of rotatable bonds is 4. The first-order valence-electron chi connectivity index (χ1n) is 4.66. The van der Waals surface area contributed by atoms with Crippen molar-refractivity contribution in [3.05, 3.63) is 0 Å². The number of hydrogen-bond donors (Lipinski definition) is 1. The van der Waals surface area contributed by atoms with E-state index in [-0.39, 0.29) is 6.61 Å². The predicted molar refractivity (Wildman–Crippen MR) is 51.0 cm³/mol. The number of hydrogen-bond acceptors (Lipinski definition) is 3. The minimum Gasteiger partial charge on any atom is -0.338 e. The van der Waals surface area contributed by atoms with Crippen molar-refractivity contribution in [2.75, 3.05) is 26.4 Å². The highest BCUT2D eigenvalue weighted by Gasteiger charge is 2.22. The molecule has 1 atom stereocenters. The van der Waals surface area contributed by atoms with Crippen LogP contribution in [0.3, 0.4) is 0 Å². The number of alkyl halides is 1. The minimum atomic E-state index is -1.53. The van der Waals surface area contributed by atoms with Crippen LogP contribution < -0.4 is 0 Å². The smallest absolute Gasteiger partial charge is 0.256 e. The fraction of sp³-hybridized carbons (Fsp3) is 1.00. The summed E-state index contributed by atoms with van der Waals surface area (Å²) < 4.78 is 18.6. The van der Waals surface area contributed by atoms with Crippen LogP contribution in [-0.2, 0) is 4.52 Å². The molecule has 0 aromatic heterocycles.